The highest BCUT2D eigenvalue weighted by Gasteiger charge is 2.37. The van der Waals surface area contributed by atoms with Crippen LogP contribution in [-0.2, 0) is 11.2 Å². The van der Waals surface area contributed by atoms with E-state index < -0.39 is 12.0 Å². The van der Waals surface area contributed by atoms with Gasteiger partial charge in [0.25, 0.3) is 0 Å². The van der Waals surface area contributed by atoms with Crippen LogP contribution in [0.1, 0.15) is 39.5 Å². The van der Waals surface area contributed by atoms with Gasteiger partial charge in [-0.2, -0.15) is 0 Å². The number of hydrogen-bond acceptors (Lipinski definition) is 6. The topological polar surface area (TPSA) is 120 Å². The molecule has 1 heterocycles. The van der Waals surface area contributed by atoms with Crippen LogP contribution in [0, 0.1) is 6.92 Å². The molecule has 0 aliphatic carbocycles. The number of carboxylic acid groups (broad SMARTS) is 1. The van der Waals surface area contributed by atoms with Crippen molar-refractivity contribution in [1.82, 2.24) is 9.80 Å². The zero-order chi connectivity index (χ0) is 29.7. The number of para-hydroxylation sites is 1. The fraction of sp³-hybridized carbons (Fsp3) is 0.323. The minimum absolute atomic E-state index is 0.0688. The standard InChI is InChI=1S/C31H36N4O6/c1-19-8-6-7-9-24(19)32-31(39)33-25-13-10-20(14-28(25)41-5)15-29(36)35-18-22(34(2)3)17-26(35)21-11-12-23(30(37)38)27(16-21)40-4/h6-14,16,22,26H,15,17-18H2,1-5H3,(H,37,38)(H2,32,33,39)/t22-,26-/m0/s1. The lowest BCUT2D eigenvalue weighted by Crippen LogP contribution is -2.36. The van der Waals surface area contributed by atoms with Gasteiger partial charge in [0.15, 0.2) is 0 Å². The number of amides is 3. The van der Waals surface area contributed by atoms with E-state index in [1.807, 2.05) is 50.2 Å². The van der Waals surface area contributed by atoms with Crippen molar-refractivity contribution in [2.24, 2.45) is 0 Å². The van der Waals surface area contributed by atoms with Gasteiger partial charge in [0.1, 0.15) is 17.1 Å². The molecule has 2 atom stereocenters. The van der Waals surface area contributed by atoms with Gasteiger partial charge in [0, 0.05) is 18.3 Å². The third kappa shape index (κ3) is 6.78. The van der Waals surface area contributed by atoms with Gasteiger partial charge in [-0.05, 0) is 74.5 Å². The Kier molecular flexibility index (Phi) is 9.14. The van der Waals surface area contributed by atoms with Crippen molar-refractivity contribution >= 4 is 29.3 Å². The molecular weight excluding hydrogens is 524 g/mol. The van der Waals surface area contributed by atoms with Gasteiger partial charge in [0.05, 0.1) is 32.4 Å². The lowest BCUT2D eigenvalue weighted by atomic mass is 10.00. The fourth-order valence-electron chi connectivity index (χ4n) is 5.09. The summed E-state index contributed by atoms with van der Waals surface area (Å²) in [6, 6.07) is 17.2. The summed E-state index contributed by atoms with van der Waals surface area (Å²) in [6.07, 6.45) is 0.837. The van der Waals surface area contributed by atoms with E-state index in [9.17, 15) is 19.5 Å². The number of hydrogen-bond donors (Lipinski definition) is 3. The van der Waals surface area contributed by atoms with Crippen LogP contribution in [0.4, 0.5) is 16.2 Å². The number of methoxy groups -OCH3 is 2. The van der Waals surface area contributed by atoms with Crippen molar-refractivity contribution in [3.05, 3.63) is 82.9 Å². The van der Waals surface area contributed by atoms with E-state index >= 15 is 0 Å². The largest absolute Gasteiger partial charge is 0.496 e. The van der Waals surface area contributed by atoms with Gasteiger partial charge in [-0.15, -0.1) is 0 Å². The van der Waals surface area contributed by atoms with Crippen LogP contribution in [0.15, 0.2) is 60.7 Å². The normalized spacial score (nSPS) is 16.4. The second kappa shape index (κ2) is 12.7. The molecule has 1 aliphatic heterocycles. The molecular formula is C31H36N4O6. The first-order valence-electron chi connectivity index (χ1n) is 13.3. The van der Waals surface area contributed by atoms with Gasteiger partial charge in [-0.3, -0.25) is 4.79 Å². The Morgan fingerprint density at radius 3 is 2.32 bits per heavy atom. The van der Waals surface area contributed by atoms with Crippen molar-refractivity contribution in [3.63, 3.8) is 0 Å². The molecule has 1 aliphatic rings. The molecule has 0 unspecified atom stereocenters. The third-order valence-corrected chi connectivity index (χ3v) is 7.43. The molecule has 1 saturated heterocycles. The number of anilines is 2. The average molecular weight is 561 g/mol. The summed E-state index contributed by atoms with van der Waals surface area (Å²) >= 11 is 0. The van der Waals surface area contributed by atoms with Crippen LogP contribution in [0.5, 0.6) is 11.5 Å². The number of ether oxygens (including phenoxy) is 2. The molecule has 0 aromatic heterocycles. The van der Waals surface area contributed by atoms with E-state index in [1.54, 1.807) is 30.3 Å². The highest BCUT2D eigenvalue weighted by atomic mass is 16.5. The molecule has 216 valence electrons. The fourth-order valence-corrected chi connectivity index (χ4v) is 5.09. The molecule has 3 N–H and O–H groups in total. The van der Waals surface area contributed by atoms with Crippen LogP contribution >= 0.6 is 0 Å². The van der Waals surface area contributed by atoms with Crippen molar-refractivity contribution in [1.29, 1.82) is 0 Å². The highest BCUT2D eigenvalue weighted by Crippen LogP contribution is 2.37. The molecule has 3 aromatic rings. The summed E-state index contributed by atoms with van der Waals surface area (Å²) in [6.45, 7) is 2.45. The number of aromatic carboxylic acids is 1. The van der Waals surface area contributed by atoms with E-state index in [1.165, 1.54) is 20.3 Å². The Morgan fingerprint density at radius 2 is 1.66 bits per heavy atom. The molecule has 41 heavy (non-hydrogen) atoms. The first kappa shape index (κ1) is 29.4. The number of likely N-dealkylation sites (N-methyl/N-ethyl adjacent to an activating group) is 1. The van der Waals surface area contributed by atoms with Crippen LogP contribution in [0.3, 0.4) is 0 Å². The molecule has 0 saturated carbocycles. The second-order valence-electron chi connectivity index (χ2n) is 10.3. The maximum absolute atomic E-state index is 13.7. The van der Waals surface area contributed by atoms with Crippen molar-refractivity contribution in [2.45, 2.75) is 31.8 Å². The molecule has 10 nitrogen and oxygen atoms in total. The number of likely N-dealkylation sites (tertiary alicyclic amines) is 1. The van der Waals surface area contributed by atoms with Crippen molar-refractivity contribution in [2.75, 3.05) is 45.5 Å². The van der Waals surface area contributed by atoms with Crippen LogP contribution in [-0.4, -0.2) is 73.7 Å². The first-order chi connectivity index (χ1) is 19.6. The van der Waals surface area contributed by atoms with E-state index in [-0.39, 0.29) is 35.7 Å². The summed E-state index contributed by atoms with van der Waals surface area (Å²) in [7, 11) is 6.91. The molecule has 1 fully saturated rings. The molecule has 3 amide bonds. The lowest BCUT2D eigenvalue weighted by Gasteiger charge is -2.26. The van der Waals surface area contributed by atoms with E-state index in [0.29, 0.717) is 30.1 Å². The Hall–Kier alpha value is -4.57. The number of nitrogens with zero attached hydrogens (tertiary/aromatic N) is 2. The van der Waals surface area contributed by atoms with Gasteiger partial charge in [0.2, 0.25) is 5.91 Å². The van der Waals surface area contributed by atoms with E-state index in [2.05, 4.69) is 15.5 Å². The molecule has 3 aromatic carbocycles. The van der Waals surface area contributed by atoms with E-state index in [0.717, 1.165) is 16.7 Å². The third-order valence-electron chi connectivity index (χ3n) is 7.43. The predicted octanol–water partition coefficient (Wildman–Crippen LogP) is 4.80. The van der Waals surface area contributed by atoms with Crippen LogP contribution in [0.25, 0.3) is 0 Å². The maximum Gasteiger partial charge on any atom is 0.339 e. The number of aryl methyl sites for hydroxylation is 1. The highest BCUT2D eigenvalue weighted by molar-refractivity contribution is 6.01. The minimum atomic E-state index is -1.07. The van der Waals surface area contributed by atoms with Crippen molar-refractivity contribution in [3.8, 4) is 11.5 Å². The molecule has 0 radical (unpaired) electrons. The molecule has 10 heteroatoms. The zero-order valence-electron chi connectivity index (χ0n) is 23.9. The Balaban J connectivity index is 1.51. The Labute approximate surface area is 239 Å². The number of rotatable bonds is 9. The summed E-state index contributed by atoms with van der Waals surface area (Å²) in [5.74, 6) is -0.442. The molecule has 4 rings (SSSR count). The van der Waals surface area contributed by atoms with Gasteiger partial charge < -0.3 is 35.0 Å². The summed E-state index contributed by atoms with van der Waals surface area (Å²) in [5, 5.41) is 15.1. The Bertz CT molecular complexity index is 1440. The van der Waals surface area contributed by atoms with Gasteiger partial charge in [-0.1, -0.05) is 30.3 Å². The maximum atomic E-state index is 13.7. The summed E-state index contributed by atoms with van der Waals surface area (Å²) < 4.78 is 10.9. The quantitative estimate of drug-likeness (QED) is 0.344. The zero-order valence-corrected chi connectivity index (χ0v) is 23.9. The monoisotopic (exact) mass is 560 g/mol. The first-order valence-corrected chi connectivity index (χ1v) is 13.3. The number of carbonyl (C=O) groups is 3. The lowest BCUT2D eigenvalue weighted by molar-refractivity contribution is -0.131. The SMILES string of the molecule is COc1cc(CC(=O)N2C[C@@H](N(C)C)C[C@H]2c2ccc(C(=O)O)c(OC)c2)ccc1NC(=O)Nc1ccccc1C. The predicted molar refractivity (Wildman–Crippen MR) is 157 cm³/mol. The molecule has 0 bridgehead atoms. The van der Waals surface area contributed by atoms with E-state index in [4.69, 9.17) is 9.47 Å². The van der Waals surface area contributed by atoms with Crippen LogP contribution in [0.2, 0.25) is 0 Å². The number of benzene rings is 3. The second-order valence-corrected chi connectivity index (χ2v) is 10.3. The van der Waals surface area contributed by atoms with Gasteiger partial charge >= 0.3 is 12.0 Å². The number of carboxylic acids is 1. The van der Waals surface area contributed by atoms with Crippen molar-refractivity contribution < 1.29 is 29.0 Å². The summed E-state index contributed by atoms with van der Waals surface area (Å²) in [5.41, 5.74) is 3.76. The number of urea groups is 1. The Morgan fingerprint density at radius 1 is 0.951 bits per heavy atom. The van der Waals surface area contributed by atoms with Gasteiger partial charge in [-0.25, -0.2) is 9.59 Å². The number of carbonyl (C=O) groups excluding carboxylic acids is 2. The molecule has 0 spiro atoms. The number of nitrogens with one attached hydrogen (secondary N) is 2. The van der Waals surface area contributed by atoms with Crippen LogP contribution < -0.4 is 20.1 Å². The summed E-state index contributed by atoms with van der Waals surface area (Å²) in [4.78, 5) is 41.8. The minimum Gasteiger partial charge on any atom is -0.496 e. The average Bonchev–Trinajstić information content (AvgIpc) is 3.41. The smallest absolute Gasteiger partial charge is 0.339 e.